The van der Waals surface area contributed by atoms with Gasteiger partial charge in [-0.15, -0.1) is 0 Å². The van der Waals surface area contributed by atoms with E-state index in [4.69, 9.17) is 28.4 Å². The quantitative estimate of drug-likeness (QED) is 0.0168. The zero-order valence-corrected chi connectivity index (χ0v) is 41.2. The lowest BCUT2D eigenvalue weighted by Crippen LogP contribution is -2.40. The van der Waals surface area contributed by atoms with E-state index >= 15 is 0 Å². The molecule has 0 radical (unpaired) electrons. The molecule has 5 aliphatic carbocycles. The summed E-state index contributed by atoms with van der Waals surface area (Å²) < 4.78 is 32.6. The summed E-state index contributed by atoms with van der Waals surface area (Å²) in [7, 11) is 0. The van der Waals surface area contributed by atoms with Crippen LogP contribution in [0.3, 0.4) is 0 Å². The highest BCUT2D eigenvalue weighted by Gasteiger charge is 2.47. The highest BCUT2D eigenvalue weighted by atomic mass is 16.6. The van der Waals surface area contributed by atoms with Crippen LogP contribution in [0.25, 0.3) is 0 Å². The second-order valence-corrected chi connectivity index (χ2v) is 19.8. The van der Waals surface area contributed by atoms with Crippen LogP contribution in [0.15, 0.2) is 25.3 Å². The highest BCUT2D eigenvalue weighted by molar-refractivity contribution is 5.89. The molecule has 5 aliphatic rings. The van der Waals surface area contributed by atoms with Crippen LogP contribution in [0.5, 0.6) is 0 Å². The molecule has 378 valence electrons. The van der Waals surface area contributed by atoms with Crippen molar-refractivity contribution in [3.8, 4) is 23.7 Å². The fourth-order valence-electron chi connectivity index (χ4n) is 10.1. The smallest absolute Gasteiger partial charge is 0.384 e. The molecule has 2 bridgehead atoms. The molecular weight excluding hydrogens is 865 g/mol. The van der Waals surface area contributed by atoms with Crippen LogP contribution in [-0.2, 0) is 57.2 Å². The van der Waals surface area contributed by atoms with Crippen molar-refractivity contribution in [2.24, 2.45) is 22.7 Å². The van der Waals surface area contributed by atoms with Gasteiger partial charge in [0.05, 0.1) is 38.3 Å². The summed E-state index contributed by atoms with van der Waals surface area (Å²) in [4.78, 5) is 73.0. The van der Waals surface area contributed by atoms with Crippen molar-refractivity contribution < 1.29 is 57.2 Å². The van der Waals surface area contributed by atoms with E-state index in [-0.39, 0.29) is 58.8 Å². The van der Waals surface area contributed by atoms with Crippen LogP contribution in [-0.4, -0.2) is 74.5 Å². The van der Waals surface area contributed by atoms with Gasteiger partial charge in [0, 0.05) is 34.8 Å². The van der Waals surface area contributed by atoms with E-state index in [1.807, 2.05) is 0 Å². The van der Waals surface area contributed by atoms with Crippen molar-refractivity contribution in [1.29, 1.82) is 0 Å². The third kappa shape index (κ3) is 22.2. The maximum Gasteiger partial charge on any atom is 0.384 e. The summed E-state index contributed by atoms with van der Waals surface area (Å²) in [6.45, 7) is 8.60. The monoisotopic (exact) mass is 947 g/mol. The Hall–Kier alpha value is -4.58. The van der Waals surface area contributed by atoms with E-state index in [1.165, 1.54) is 50.7 Å². The van der Waals surface area contributed by atoms with Crippen molar-refractivity contribution >= 4 is 35.8 Å². The molecule has 0 N–H and O–H groups in total. The van der Waals surface area contributed by atoms with E-state index in [2.05, 4.69) is 36.8 Å². The molecule has 0 atom stereocenters. The Morgan fingerprint density at radius 3 is 0.941 bits per heavy atom. The number of esters is 6. The Balaban J connectivity index is 0.980. The van der Waals surface area contributed by atoms with E-state index in [9.17, 15) is 28.8 Å². The normalized spacial score (nSPS) is 23.8. The molecule has 0 aromatic carbocycles. The first-order valence-electron chi connectivity index (χ1n) is 26.4. The van der Waals surface area contributed by atoms with Gasteiger partial charge in [-0.2, -0.15) is 0 Å². The summed E-state index contributed by atoms with van der Waals surface area (Å²) in [6.07, 6.45) is 31.2. The summed E-state index contributed by atoms with van der Waals surface area (Å²) in [5.74, 6) is 9.86. The van der Waals surface area contributed by atoms with E-state index < -0.39 is 11.9 Å². The maximum absolute atomic E-state index is 12.8. The lowest BCUT2D eigenvalue weighted by atomic mass is 9.54. The fourth-order valence-corrected chi connectivity index (χ4v) is 10.1. The summed E-state index contributed by atoms with van der Waals surface area (Å²) in [6, 6.07) is 0. The first-order valence-corrected chi connectivity index (χ1v) is 26.4. The number of carbonyl (C=O) groups excluding carboxylic acids is 6. The predicted octanol–water partition coefficient (Wildman–Crippen LogP) is 11.1. The highest BCUT2D eigenvalue weighted by Crippen LogP contribution is 2.56. The molecule has 12 heteroatoms. The van der Waals surface area contributed by atoms with Crippen molar-refractivity contribution in [3.63, 3.8) is 0 Å². The molecule has 0 amide bonds. The third-order valence-electron chi connectivity index (χ3n) is 14.6. The zero-order chi connectivity index (χ0) is 48.7. The van der Waals surface area contributed by atoms with Crippen LogP contribution in [0.2, 0.25) is 0 Å². The van der Waals surface area contributed by atoms with Crippen LogP contribution >= 0.6 is 0 Å². The first kappa shape index (κ1) is 56.0. The van der Waals surface area contributed by atoms with Crippen LogP contribution in [0, 0.1) is 46.3 Å². The lowest BCUT2D eigenvalue weighted by molar-refractivity contribution is -0.153. The van der Waals surface area contributed by atoms with Gasteiger partial charge in [0.15, 0.2) is 0 Å². The van der Waals surface area contributed by atoms with Gasteiger partial charge >= 0.3 is 35.8 Å². The molecule has 0 heterocycles. The van der Waals surface area contributed by atoms with Crippen LogP contribution < -0.4 is 0 Å². The molecule has 0 aliphatic heterocycles. The summed E-state index contributed by atoms with van der Waals surface area (Å²) in [5.41, 5.74) is -0.465. The zero-order valence-electron chi connectivity index (χ0n) is 41.2. The molecule has 12 nitrogen and oxygen atoms in total. The molecule has 5 fully saturated rings. The number of hydrogen-bond donors (Lipinski definition) is 0. The largest absolute Gasteiger partial charge is 0.465 e. The molecule has 5 rings (SSSR count). The number of ether oxygens (including phenoxy) is 6. The Kier molecular flexibility index (Phi) is 26.6. The van der Waals surface area contributed by atoms with Gasteiger partial charge in [-0.1, -0.05) is 115 Å². The van der Waals surface area contributed by atoms with Crippen molar-refractivity contribution in [2.75, 3.05) is 26.4 Å². The minimum absolute atomic E-state index is 0.143. The lowest BCUT2D eigenvalue weighted by Gasteiger charge is -2.48. The molecule has 0 unspecified atom stereocenters. The second kappa shape index (κ2) is 32.3. The van der Waals surface area contributed by atoms with Gasteiger partial charge in [-0.25, -0.2) is 19.2 Å². The topological polar surface area (TPSA) is 158 Å². The maximum atomic E-state index is 12.8. The minimum Gasteiger partial charge on any atom is -0.465 e. The molecule has 0 spiro atoms. The summed E-state index contributed by atoms with van der Waals surface area (Å²) >= 11 is 0. The van der Waals surface area contributed by atoms with Gasteiger partial charge in [-0.05, 0) is 116 Å². The van der Waals surface area contributed by atoms with Gasteiger partial charge < -0.3 is 28.4 Å². The van der Waals surface area contributed by atoms with Crippen LogP contribution in [0.1, 0.15) is 205 Å². The predicted molar refractivity (Wildman–Crippen MR) is 259 cm³/mol. The molecule has 0 aromatic rings. The third-order valence-corrected chi connectivity index (χ3v) is 14.6. The Morgan fingerprint density at radius 1 is 0.397 bits per heavy atom. The van der Waals surface area contributed by atoms with E-state index in [1.54, 1.807) is 0 Å². The second-order valence-electron chi connectivity index (χ2n) is 19.8. The van der Waals surface area contributed by atoms with Crippen molar-refractivity contribution in [1.82, 2.24) is 0 Å². The number of rotatable bonds is 30. The van der Waals surface area contributed by atoms with Gasteiger partial charge in [0.2, 0.25) is 0 Å². The number of carbonyl (C=O) groups is 6. The number of hydrogen-bond acceptors (Lipinski definition) is 12. The molecule has 68 heavy (non-hydrogen) atoms. The fraction of sp³-hybridized carbons (Fsp3) is 0.750. The Morgan fingerprint density at radius 2 is 0.662 bits per heavy atom. The van der Waals surface area contributed by atoms with Crippen molar-refractivity contribution in [2.45, 2.75) is 218 Å². The van der Waals surface area contributed by atoms with Crippen molar-refractivity contribution in [3.05, 3.63) is 25.3 Å². The van der Waals surface area contributed by atoms with E-state index in [0.717, 1.165) is 116 Å². The van der Waals surface area contributed by atoms with Crippen LogP contribution in [0.4, 0.5) is 0 Å². The Bertz CT molecular complexity index is 1580. The van der Waals surface area contributed by atoms with Gasteiger partial charge in [0.25, 0.3) is 0 Å². The van der Waals surface area contributed by atoms with Gasteiger partial charge in [-0.3, -0.25) is 9.59 Å². The van der Waals surface area contributed by atoms with E-state index in [0.29, 0.717) is 77.8 Å². The van der Waals surface area contributed by atoms with Gasteiger partial charge in [0.1, 0.15) is 12.2 Å². The molecule has 0 saturated heterocycles. The minimum atomic E-state index is -0.502. The SMILES string of the molecule is C=CC(=O)OCCCCCCCCCCCOC(=O)C1CCC(OC(=O)C#CC23CCC(C#CC(=O)OC4CCC(C(=O)OCCCCCCCCCCCOC(=O)C=C)CC4)(CC2)CC3)CC1. The Labute approximate surface area is 407 Å². The molecule has 0 aromatic heterocycles. The average molecular weight is 947 g/mol. The number of fused-ring (bicyclic) bond motifs is 3. The first-order chi connectivity index (χ1) is 33.0. The molecular formula is C56H82O12. The average Bonchev–Trinajstić information content (AvgIpc) is 3.36. The standard InChI is InChI=1S/C56H82O12/c1-3-49(57)63-41-19-15-11-7-5-9-13-17-21-43-65-53(61)45-23-27-47(28-24-45)67-51(59)31-33-55-35-38-56(39-36-55,40-37-55)34-32-52(60)68-48-29-25-46(26-30-48)54(62)66-44-22-18-14-10-6-8-12-16-20-42-64-50(58)4-2/h3-4,45-48H,1-2,5-30,35-44H2. The number of unbranched alkanes of at least 4 members (excludes halogenated alkanes) is 16. The summed E-state index contributed by atoms with van der Waals surface area (Å²) in [5, 5.41) is 0. The molecule has 5 saturated carbocycles.